The van der Waals surface area contributed by atoms with Crippen LogP contribution in [-0.4, -0.2) is 57.9 Å². The Morgan fingerprint density at radius 2 is 1.67 bits per heavy atom. The topological polar surface area (TPSA) is 43.9 Å². The molecule has 5 nitrogen and oxygen atoms in total. The van der Waals surface area contributed by atoms with Gasteiger partial charge in [0.15, 0.2) is 0 Å². The monoisotopic (exact) mass is 371 g/mol. The number of nitrogens with zero attached hydrogens (tertiary/aromatic N) is 3. The minimum Gasteiger partial charge on any atom is -0.305 e. The van der Waals surface area contributed by atoms with Crippen molar-refractivity contribution in [3.05, 3.63) is 35.9 Å². The molecule has 0 bridgehead atoms. The molecule has 0 radical (unpaired) electrons. The number of imide groups is 1. The molecule has 5 heteroatoms. The molecule has 3 amide bonds. The van der Waals surface area contributed by atoms with Gasteiger partial charge in [-0.25, -0.2) is 4.79 Å². The van der Waals surface area contributed by atoms with E-state index in [4.69, 9.17) is 0 Å². The normalized spacial score (nSPS) is 21.5. The molecule has 1 atom stereocenters. The van der Waals surface area contributed by atoms with Crippen molar-refractivity contribution in [3.63, 3.8) is 0 Å². The minimum atomic E-state index is -0.675. The summed E-state index contributed by atoms with van der Waals surface area (Å²) in [5, 5.41) is 0. The highest BCUT2D eigenvalue weighted by molar-refractivity contribution is 6.07. The summed E-state index contributed by atoms with van der Waals surface area (Å²) in [6.07, 6.45) is 2.56. The van der Waals surface area contributed by atoms with Crippen molar-refractivity contribution >= 4 is 11.9 Å². The number of urea groups is 1. The van der Waals surface area contributed by atoms with Gasteiger partial charge in [-0.3, -0.25) is 9.69 Å². The molecular formula is C22H33N3O2. The second-order valence-corrected chi connectivity index (χ2v) is 8.49. The van der Waals surface area contributed by atoms with Crippen molar-refractivity contribution in [1.82, 2.24) is 14.7 Å². The van der Waals surface area contributed by atoms with Crippen LogP contribution < -0.4 is 0 Å². The molecule has 0 aliphatic carbocycles. The molecule has 2 fully saturated rings. The van der Waals surface area contributed by atoms with Crippen LogP contribution >= 0.6 is 0 Å². The third-order valence-electron chi connectivity index (χ3n) is 6.19. The van der Waals surface area contributed by atoms with Crippen molar-refractivity contribution in [2.24, 2.45) is 5.92 Å². The third kappa shape index (κ3) is 3.75. The van der Waals surface area contributed by atoms with Crippen LogP contribution in [0.15, 0.2) is 30.3 Å². The minimum absolute atomic E-state index is 0.0148. The Bertz CT molecular complexity index is 665. The number of hydrogen-bond acceptors (Lipinski definition) is 3. The Morgan fingerprint density at radius 3 is 2.22 bits per heavy atom. The van der Waals surface area contributed by atoms with E-state index in [2.05, 4.69) is 32.6 Å². The summed E-state index contributed by atoms with van der Waals surface area (Å²) in [4.78, 5) is 32.5. The third-order valence-corrected chi connectivity index (χ3v) is 6.19. The van der Waals surface area contributed by atoms with Crippen LogP contribution in [0, 0.1) is 5.92 Å². The molecule has 148 valence electrons. The zero-order valence-electron chi connectivity index (χ0n) is 17.1. The SMILES string of the molecule is CCC(C)N1CCC2(CC1)C(=O)N(CC(C)C)C(=O)N2Cc1ccccc1. The highest BCUT2D eigenvalue weighted by atomic mass is 16.2. The first-order valence-electron chi connectivity index (χ1n) is 10.3. The molecule has 0 N–H and O–H groups in total. The van der Waals surface area contributed by atoms with Gasteiger partial charge in [-0.05, 0) is 37.7 Å². The van der Waals surface area contributed by atoms with Gasteiger partial charge in [-0.2, -0.15) is 0 Å². The first-order valence-corrected chi connectivity index (χ1v) is 10.3. The Labute approximate surface area is 163 Å². The first-order chi connectivity index (χ1) is 12.9. The molecule has 1 spiro atoms. The summed E-state index contributed by atoms with van der Waals surface area (Å²) in [7, 11) is 0. The van der Waals surface area contributed by atoms with Crippen molar-refractivity contribution in [2.45, 2.75) is 65.1 Å². The van der Waals surface area contributed by atoms with Crippen molar-refractivity contribution in [1.29, 1.82) is 0 Å². The van der Waals surface area contributed by atoms with E-state index in [-0.39, 0.29) is 17.9 Å². The number of carbonyl (C=O) groups is 2. The lowest BCUT2D eigenvalue weighted by Gasteiger charge is -2.44. The fraction of sp³-hybridized carbons (Fsp3) is 0.636. The summed E-state index contributed by atoms with van der Waals surface area (Å²) in [6, 6.07) is 10.4. The predicted octanol–water partition coefficient (Wildman–Crippen LogP) is 3.74. The standard InChI is InChI=1S/C22H33N3O2/c1-5-18(4)23-13-11-22(12-14-23)20(26)24(15-17(2)3)21(27)25(22)16-19-9-7-6-8-10-19/h6-10,17-18H,5,11-16H2,1-4H3. The Balaban J connectivity index is 1.88. The fourth-order valence-corrected chi connectivity index (χ4v) is 4.37. The lowest BCUT2D eigenvalue weighted by atomic mass is 9.84. The van der Waals surface area contributed by atoms with E-state index in [0.717, 1.165) is 37.9 Å². The van der Waals surface area contributed by atoms with Gasteiger partial charge in [0.25, 0.3) is 5.91 Å². The van der Waals surface area contributed by atoms with E-state index < -0.39 is 5.54 Å². The molecule has 2 saturated heterocycles. The number of piperidine rings is 1. The molecule has 1 unspecified atom stereocenters. The van der Waals surface area contributed by atoms with Gasteiger partial charge in [0, 0.05) is 32.2 Å². The molecular weight excluding hydrogens is 338 g/mol. The fourth-order valence-electron chi connectivity index (χ4n) is 4.37. The van der Waals surface area contributed by atoms with Crippen LogP contribution in [0.3, 0.4) is 0 Å². The molecule has 1 aromatic rings. The van der Waals surface area contributed by atoms with Crippen LogP contribution in [0.1, 0.15) is 52.5 Å². The zero-order chi connectivity index (χ0) is 19.6. The van der Waals surface area contributed by atoms with Crippen LogP contribution in [0.25, 0.3) is 0 Å². The van der Waals surface area contributed by atoms with Crippen LogP contribution in [0.4, 0.5) is 4.79 Å². The van der Waals surface area contributed by atoms with E-state index in [1.54, 1.807) is 0 Å². The summed E-state index contributed by atoms with van der Waals surface area (Å²) < 4.78 is 0. The van der Waals surface area contributed by atoms with E-state index in [1.807, 2.05) is 35.2 Å². The van der Waals surface area contributed by atoms with E-state index >= 15 is 0 Å². The van der Waals surface area contributed by atoms with Crippen molar-refractivity contribution in [2.75, 3.05) is 19.6 Å². The highest BCUT2D eigenvalue weighted by Gasteiger charge is 2.57. The molecule has 0 saturated carbocycles. The van der Waals surface area contributed by atoms with Crippen LogP contribution in [0.5, 0.6) is 0 Å². The second-order valence-electron chi connectivity index (χ2n) is 8.49. The smallest absolute Gasteiger partial charge is 0.305 e. The number of rotatable bonds is 6. The Hall–Kier alpha value is -1.88. The lowest BCUT2D eigenvalue weighted by Crippen LogP contribution is -2.57. The maximum atomic E-state index is 13.4. The summed E-state index contributed by atoms with van der Waals surface area (Å²) in [5.74, 6) is 0.285. The van der Waals surface area contributed by atoms with E-state index in [0.29, 0.717) is 19.1 Å². The molecule has 2 heterocycles. The second kappa shape index (κ2) is 8.01. The average molecular weight is 372 g/mol. The molecule has 0 aromatic heterocycles. The molecule has 27 heavy (non-hydrogen) atoms. The highest BCUT2D eigenvalue weighted by Crippen LogP contribution is 2.39. The van der Waals surface area contributed by atoms with Gasteiger partial charge in [0.05, 0.1) is 0 Å². The number of likely N-dealkylation sites (tertiary alicyclic amines) is 1. The van der Waals surface area contributed by atoms with E-state index in [9.17, 15) is 9.59 Å². The van der Waals surface area contributed by atoms with E-state index in [1.165, 1.54) is 4.90 Å². The van der Waals surface area contributed by atoms with Crippen LogP contribution in [0.2, 0.25) is 0 Å². The number of hydrogen-bond donors (Lipinski definition) is 0. The Kier molecular flexibility index (Phi) is 5.89. The van der Waals surface area contributed by atoms with Gasteiger partial charge in [-0.15, -0.1) is 0 Å². The molecule has 2 aliphatic rings. The summed E-state index contributed by atoms with van der Waals surface area (Å²) in [6.45, 7) is 11.3. The zero-order valence-corrected chi connectivity index (χ0v) is 17.1. The Morgan fingerprint density at radius 1 is 1.04 bits per heavy atom. The van der Waals surface area contributed by atoms with Gasteiger partial charge in [0.1, 0.15) is 5.54 Å². The predicted molar refractivity (Wildman–Crippen MR) is 107 cm³/mol. The summed E-state index contributed by atoms with van der Waals surface area (Å²) in [5.41, 5.74) is 0.403. The average Bonchev–Trinajstić information content (AvgIpc) is 2.85. The van der Waals surface area contributed by atoms with Gasteiger partial charge in [-0.1, -0.05) is 51.1 Å². The quantitative estimate of drug-likeness (QED) is 0.716. The van der Waals surface area contributed by atoms with Crippen molar-refractivity contribution < 1.29 is 9.59 Å². The number of amides is 3. The van der Waals surface area contributed by atoms with Crippen molar-refractivity contribution in [3.8, 4) is 0 Å². The maximum Gasteiger partial charge on any atom is 0.327 e. The van der Waals surface area contributed by atoms with Gasteiger partial charge in [0.2, 0.25) is 0 Å². The molecule has 3 rings (SSSR count). The largest absolute Gasteiger partial charge is 0.327 e. The maximum absolute atomic E-state index is 13.4. The number of benzene rings is 1. The first kappa shape index (κ1) is 19.9. The number of carbonyl (C=O) groups excluding carboxylic acids is 2. The van der Waals surface area contributed by atoms with Gasteiger partial charge < -0.3 is 9.80 Å². The molecule has 1 aromatic carbocycles. The summed E-state index contributed by atoms with van der Waals surface area (Å²) >= 11 is 0. The van der Waals surface area contributed by atoms with Crippen LogP contribution in [-0.2, 0) is 11.3 Å². The lowest BCUT2D eigenvalue weighted by molar-refractivity contribution is -0.136. The van der Waals surface area contributed by atoms with Gasteiger partial charge >= 0.3 is 6.03 Å². The molecule has 2 aliphatic heterocycles.